The molecule has 0 saturated carbocycles. The van der Waals surface area contributed by atoms with Crippen molar-refractivity contribution >= 4 is 143 Å². The van der Waals surface area contributed by atoms with Gasteiger partial charge in [0.05, 0.1) is 35.0 Å². The lowest BCUT2D eigenvalue weighted by atomic mass is 9.80. The smallest absolute Gasteiger partial charge is 0.326 e. The SMILES string of the molecule is CCCCN(CCCS(=O)(=O)O)c1ccc2c(c1)C(C)(C)C(/C=C/C1=C(Cl)C(=C/C=C3/N(CCCCCC(=O)NCCCCC(NC(=O)C(CCCNC(=N)N)NC(=O)C(Cc4ccccc4)NC(=O)C(CCC(=O)O)NC)C(=O)NC(CCCNC(=N)N)C(=O)NC(CCCNC(=N)N)C(=O)O)c4ccc5cc(SOOO)ccc5c4C3(C)C)/CCC1)=[N+]2CCCS(=O)(=O)O. The largest absolute Gasteiger partial charge is 0.481 e. The van der Waals surface area contributed by atoms with Gasteiger partial charge in [0, 0.05) is 122 Å². The fraction of sp³-hybridized carbons (Fsp3) is 0.528. The van der Waals surface area contributed by atoms with E-state index >= 15 is 0 Å². The first-order valence-electron chi connectivity index (χ1n) is 44.3. The second kappa shape index (κ2) is 52.5. The Hall–Kier alpha value is -10.8. The summed E-state index contributed by atoms with van der Waals surface area (Å²) in [6.45, 7) is 12.8. The maximum Gasteiger partial charge on any atom is 0.326 e. The number of amides is 6. The number of halogens is 1. The molecule has 720 valence electrons. The van der Waals surface area contributed by atoms with Gasteiger partial charge in [0.1, 0.15) is 36.8 Å². The summed E-state index contributed by atoms with van der Waals surface area (Å²) in [5.74, 6) is -8.96. The van der Waals surface area contributed by atoms with Gasteiger partial charge >= 0.3 is 11.9 Å². The quantitative estimate of drug-likeness (QED) is 0.00297. The Bertz CT molecular complexity index is 5070. The fourth-order valence-electron chi connectivity index (χ4n) is 16.4. The Morgan fingerprint density at radius 1 is 0.611 bits per heavy atom. The number of carbonyl (C=O) groups is 8. The summed E-state index contributed by atoms with van der Waals surface area (Å²) in [6, 6.07) is 16.4. The van der Waals surface area contributed by atoms with Crippen LogP contribution in [0.25, 0.3) is 10.8 Å². The zero-order chi connectivity index (χ0) is 96.2. The van der Waals surface area contributed by atoms with Gasteiger partial charge in [0.2, 0.25) is 41.1 Å². The van der Waals surface area contributed by atoms with E-state index in [1.54, 1.807) is 30.3 Å². The molecular weight excluding hydrogens is 1770 g/mol. The van der Waals surface area contributed by atoms with Crippen LogP contribution in [-0.4, -0.2) is 224 Å². The van der Waals surface area contributed by atoms with Crippen LogP contribution in [0.5, 0.6) is 0 Å². The summed E-state index contributed by atoms with van der Waals surface area (Å²) >= 11 is 8.37. The molecule has 0 radical (unpaired) electrons. The molecule has 42 heteroatoms. The van der Waals surface area contributed by atoms with Crippen molar-refractivity contribution in [3.8, 4) is 0 Å². The maximum absolute atomic E-state index is 14.9. The van der Waals surface area contributed by atoms with E-state index in [0.717, 1.165) is 92.8 Å². The van der Waals surface area contributed by atoms with Gasteiger partial charge in [-0.05, 0) is 200 Å². The molecule has 0 fully saturated rings. The van der Waals surface area contributed by atoms with E-state index in [0.29, 0.717) is 67.2 Å². The van der Waals surface area contributed by atoms with Crippen LogP contribution in [0.1, 0.15) is 193 Å². The average molecular weight is 1900 g/mol. The molecule has 4 aromatic rings. The lowest BCUT2D eigenvalue weighted by Crippen LogP contribution is -2.59. The van der Waals surface area contributed by atoms with Crippen molar-refractivity contribution in [2.24, 2.45) is 17.2 Å². The van der Waals surface area contributed by atoms with Crippen molar-refractivity contribution in [3.63, 3.8) is 0 Å². The number of benzene rings is 4. The van der Waals surface area contributed by atoms with Gasteiger partial charge in [0.25, 0.3) is 20.2 Å². The van der Waals surface area contributed by atoms with E-state index in [9.17, 15) is 74.5 Å². The lowest BCUT2D eigenvalue weighted by molar-refractivity contribution is -0.437. The molecule has 0 aromatic heterocycles. The van der Waals surface area contributed by atoms with E-state index in [2.05, 4.69) is 131 Å². The molecule has 3 aliphatic rings. The number of fused-ring (bicyclic) bond motifs is 4. The Balaban J connectivity index is 1.11. The molecule has 0 saturated heterocycles. The van der Waals surface area contributed by atoms with Gasteiger partial charge in [-0.15, -0.1) is 4.33 Å². The second-order valence-corrected chi connectivity index (χ2v) is 38.1. The highest BCUT2D eigenvalue weighted by atomic mass is 35.5. The number of hydrogen-bond acceptors (Lipinski definition) is 22. The van der Waals surface area contributed by atoms with Crippen molar-refractivity contribution < 1.29 is 93.7 Å². The topological polar surface area (TPSA) is 604 Å². The molecule has 0 spiro atoms. The number of aliphatic carboxylic acids is 2. The number of guanidine groups is 3. The number of nitrogens with one attached hydrogen (secondary N) is 13. The third-order valence-electron chi connectivity index (χ3n) is 23.2. The van der Waals surface area contributed by atoms with E-state index in [4.69, 9.17) is 54.6 Å². The van der Waals surface area contributed by atoms with Crippen LogP contribution >= 0.6 is 23.6 Å². The van der Waals surface area contributed by atoms with Gasteiger partial charge in [-0.1, -0.05) is 105 Å². The molecule has 6 unspecified atom stereocenters. The number of nitrogens with two attached hydrogens (primary N) is 3. The lowest BCUT2D eigenvalue weighted by Gasteiger charge is -2.28. The number of carboxylic acids is 2. The maximum atomic E-state index is 14.9. The van der Waals surface area contributed by atoms with Gasteiger partial charge in [-0.2, -0.15) is 21.4 Å². The number of likely N-dealkylation sites (N-methyl/N-ethyl adjacent to an activating group) is 1. The number of rotatable bonds is 58. The summed E-state index contributed by atoms with van der Waals surface area (Å²) in [6.07, 6.45) is 14.2. The molecule has 38 nitrogen and oxygen atoms in total. The number of carboxylic acid groups (broad SMARTS) is 2. The Kier molecular flexibility index (Phi) is 43.0. The van der Waals surface area contributed by atoms with E-state index < -0.39 is 115 Å². The molecule has 2 aliphatic heterocycles. The molecule has 7 rings (SSSR count). The van der Waals surface area contributed by atoms with Crippen LogP contribution in [0.2, 0.25) is 0 Å². The van der Waals surface area contributed by atoms with Crippen LogP contribution < -0.4 is 80.2 Å². The average Bonchev–Trinajstić information content (AvgIpc) is 1.57. The predicted octanol–water partition coefficient (Wildman–Crippen LogP) is 7.49. The van der Waals surface area contributed by atoms with Gasteiger partial charge in [-0.25, -0.2) is 10.1 Å². The molecule has 6 atom stereocenters. The van der Waals surface area contributed by atoms with Gasteiger partial charge in [-0.3, -0.25) is 58.9 Å². The number of carbonyl (C=O) groups excluding carboxylic acids is 6. The Morgan fingerprint density at radius 2 is 1.18 bits per heavy atom. The highest BCUT2D eigenvalue weighted by molar-refractivity contribution is 7.94. The summed E-state index contributed by atoms with van der Waals surface area (Å²) in [4.78, 5) is 115. The molecule has 6 amide bonds. The van der Waals surface area contributed by atoms with Gasteiger partial charge < -0.3 is 90.4 Å². The van der Waals surface area contributed by atoms with Crippen LogP contribution in [0.3, 0.4) is 0 Å². The fourth-order valence-corrected chi connectivity index (χ4v) is 18.1. The molecule has 0 bridgehead atoms. The number of allylic oxidation sites excluding steroid dienone is 8. The molecule has 131 heavy (non-hydrogen) atoms. The van der Waals surface area contributed by atoms with Crippen molar-refractivity contribution in [3.05, 3.63) is 142 Å². The highest BCUT2D eigenvalue weighted by Crippen LogP contribution is 2.52. The number of anilines is 2. The van der Waals surface area contributed by atoms with Crippen molar-refractivity contribution in [1.82, 2.24) is 53.2 Å². The molecule has 2 heterocycles. The second-order valence-electron chi connectivity index (χ2n) is 33.8. The first kappa shape index (κ1) is 107. The minimum Gasteiger partial charge on any atom is -0.481 e. The predicted molar refractivity (Wildman–Crippen MR) is 505 cm³/mol. The molecule has 1 aliphatic carbocycles. The highest BCUT2D eigenvalue weighted by Gasteiger charge is 2.46. The van der Waals surface area contributed by atoms with Crippen LogP contribution in [0, 0.1) is 16.2 Å². The molecule has 24 N–H and O–H groups in total. The number of unbranched alkanes of at least 4 members (excludes halogenated alkanes) is 4. The van der Waals surface area contributed by atoms with Crippen molar-refractivity contribution in [1.29, 1.82) is 16.2 Å². The van der Waals surface area contributed by atoms with Crippen molar-refractivity contribution in [2.45, 2.75) is 234 Å². The summed E-state index contributed by atoms with van der Waals surface area (Å²) < 4.78 is 73.9. The zero-order valence-corrected chi connectivity index (χ0v) is 78.4. The summed E-state index contributed by atoms with van der Waals surface area (Å²) in [5.41, 5.74) is 24.4. The minimum absolute atomic E-state index is 0.0558. The van der Waals surface area contributed by atoms with E-state index in [-0.39, 0.29) is 159 Å². The normalized spacial score (nSPS) is 16.1. The molecule has 4 aromatic carbocycles. The Labute approximate surface area is 775 Å². The van der Waals surface area contributed by atoms with Gasteiger partial charge in [0.15, 0.2) is 23.6 Å². The summed E-state index contributed by atoms with van der Waals surface area (Å²) in [5, 5.41) is 84.9. The minimum atomic E-state index is -4.28. The first-order valence-corrected chi connectivity index (χ1v) is 48.6. The summed E-state index contributed by atoms with van der Waals surface area (Å²) in [7, 11) is -7.00. The Morgan fingerprint density at radius 3 is 1.76 bits per heavy atom. The third kappa shape index (κ3) is 34.4. The number of nitrogens with zero attached hydrogens (tertiary/aromatic N) is 3. The zero-order valence-electron chi connectivity index (χ0n) is 75.2. The van der Waals surface area contributed by atoms with Crippen LogP contribution in [0.4, 0.5) is 17.1 Å². The van der Waals surface area contributed by atoms with E-state index in [1.165, 1.54) is 7.05 Å². The van der Waals surface area contributed by atoms with E-state index in [1.807, 2.05) is 48.6 Å². The number of hydrogen-bond donors (Lipinski definition) is 21. The monoisotopic (exact) mass is 1900 g/mol. The molecular formula is C89H131ClN19O19S3+. The van der Waals surface area contributed by atoms with Crippen molar-refractivity contribution in [2.75, 3.05) is 80.7 Å². The van der Waals surface area contributed by atoms with Crippen LogP contribution in [-0.2, 0) is 85.2 Å². The van der Waals surface area contributed by atoms with Crippen LogP contribution in [0.15, 0.2) is 130 Å². The third-order valence-corrected chi connectivity index (χ3v) is 25.8. The first-order chi connectivity index (χ1) is 62.2. The standard InChI is InChI=1S/C89H130ClN19O19S3/c1-7-8-48-107(49-21-52-130(121,122)123)61-35-40-71-64(56-61)88(2,3)73(108(71)51-22-53-131(124,125)126)41-33-58-25-17-26-59(78(58)90)34-42-74-89(4,5)77-63-37-36-62(129-128-127-120)55-60(63)32-39-72(77)109(74)50-16-10-13-31-75(110)98-44-15-14-27-66(80(114)103-68(29-19-46-100-86(93)94)82(116)105-69(84(118)119)30-20-47-101-87(95)96)102-81(115)67(28-18-45-99-85(91)92)104-83(117)70(54-57-23-11-9-12-24-57)106-79(113)65(97-6)38-43-76(111)112/h9,11-12,23-24,32-37,39-42,55-56,65-70,97H,7-8,10,13-22,25-31,38,43-54H2,1-6H3,(H22-,91,92,93,94,95,96,98,99,100,101,102,103,104,105,106,110,111,112,113,114,115,116,117,118,119,120,121,122,123,124,125,126)/p+1.